The summed E-state index contributed by atoms with van der Waals surface area (Å²) >= 11 is 0. The lowest BCUT2D eigenvalue weighted by molar-refractivity contribution is 0.300. The van der Waals surface area contributed by atoms with E-state index in [2.05, 4.69) is 23.5 Å². The summed E-state index contributed by atoms with van der Waals surface area (Å²) in [6, 6.07) is 4.93. The second kappa shape index (κ2) is 7.61. The standard InChI is InChI=1S/C14H25N3O2S/c1-4-17(5-2)10-6-9-16-20(18,19)14-11-13(15)8-7-12(14)3/h7-8,11,16H,4-6,9-10,15H2,1-3H3. The molecule has 0 aliphatic carbocycles. The maximum atomic E-state index is 12.2. The summed E-state index contributed by atoms with van der Waals surface area (Å²) < 4.78 is 27.1. The Labute approximate surface area is 122 Å². The van der Waals surface area contributed by atoms with Gasteiger partial charge in [-0.1, -0.05) is 19.9 Å². The molecule has 6 heteroatoms. The molecule has 114 valence electrons. The SMILES string of the molecule is CCN(CC)CCCNS(=O)(=O)c1cc(N)ccc1C. The molecule has 1 aromatic carbocycles. The molecular weight excluding hydrogens is 274 g/mol. The van der Waals surface area contributed by atoms with E-state index in [1.807, 2.05) is 0 Å². The number of nitrogens with two attached hydrogens (primary N) is 1. The van der Waals surface area contributed by atoms with Crippen LogP contribution in [0.4, 0.5) is 5.69 Å². The first-order chi connectivity index (χ1) is 9.40. The van der Waals surface area contributed by atoms with Gasteiger partial charge >= 0.3 is 0 Å². The molecule has 0 saturated carbocycles. The minimum Gasteiger partial charge on any atom is -0.399 e. The number of nitrogens with zero attached hydrogens (tertiary/aromatic N) is 1. The lowest BCUT2D eigenvalue weighted by Gasteiger charge is -2.17. The van der Waals surface area contributed by atoms with Crippen LogP contribution in [0.15, 0.2) is 23.1 Å². The molecule has 0 spiro atoms. The maximum absolute atomic E-state index is 12.2. The van der Waals surface area contributed by atoms with Crippen LogP contribution in [0.25, 0.3) is 0 Å². The van der Waals surface area contributed by atoms with E-state index in [4.69, 9.17) is 5.73 Å². The van der Waals surface area contributed by atoms with Crippen LogP contribution in [0.5, 0.6) is 0 Å². The highest BCUT2D eigenvalue weighted by Crippen LogP contribution is 2.17. The van der Waals surface area contributed by atoms with Gasteiger partial charge in [0, 0.05) is 12.2 Å². The smallest absolute Gasteiger partial charge is 0.240 e. The van der Waals surface area contributed by atoms with Crippen molar-refractivity contribution in [1.82, 2.24) is 9.62 Å². The van der Waals surface area contributed by atoms with Crippen LogP contribution < -0.4 is 10.5 Å². The van der Waals surface area contributed by atoms with Gasteiger partial charge in [0.25, 0.3) is 0 Å². The Kier molecular flexibility index (Phi) is 6.45. The van der Waals surface area contributed by atoms with Gasteiger partial charge < -0.3 is 10.6 Å². The van der Waals surface area contributed by atoms with Gasteiger partial charge in [-0.25, -0.2) is 13.1 Å². The summed E-state index contributed by atoms with van der Waals surface area (Å²) in [4.78, 5) is 2.53. The molecule has 5 nitrogen and oxygen atoms in total. The summed E-state index contributed by atoms with van der Waals surface area (Å²) in [6.07, 6.45) is 0.794. The molecule has 0 radical (unpaired) electrons. The van der Waals surface area contributed by atoms with E-state index in [9.17, 15) is 8.42 Å². The van der Waals surface area contributed by atoms with Gasteiger partial charge in [-0.05, 0) is 50.7 Å². The predicted octanol–water partition coefficient (Wildman–Crippen LogP) is 1.59. The average molecular weight is 299 g/mol. The summed E-state index contributed by atoms with van der Waals surface area (Å²) in [7, 11) is -3.47. The zero-order chi connectivity index (χ0) is 15.2. The quantitative estimate of drug-likeness (QED) is 0.564. The summed E-state index contributed by atoms with van der Waals surface area (Å²) in [6.45, 7) is 9.27. The molecule has 0 unspecified atom stereocenters. The number of nitrogen functional groups attached to an aromatic ring is 1. The van der Waals surface area contributed by atoms with E-state index in [1.54, 1.807) is 19.1 Å². The summed E-state index contributed by atoms with van der Waals surface area (Å²) in [5.74, 6) is 0. The Hall–Kier alpha value is -1.11. The number of sulfonamides is 1. The minimum absolute atomic E-state index is 0.264. The Bertz CT molecular complexity index is 525. The van der Waals surface area contributed by atoms with Crippen LogP contribution in [0.2, 0.25) is 0 Å². The van der Waals surface area contributed by atoms with Crippen molar-refractivity contribution in [1.29, 1.82) is 0 Å². The third-order valence-corrected chi connectivity index (χ3v) is 4.94. The van der Waals surface area contributed by atoms with Gasteiger partial charge in [-0.2, -0.15) is 0 Å². The lowest BCUT2D eigenvalue weighted by atomic mass is 10.2. The molecular formula is C14H25N3O2S. The number of hydrogen-bond acceptors (Lipinski definition) is 4. The fraction of sp³-hybridized carbons (Fsp3) is 0.571. The molecule has 0 amide bonds. The number of hydrogen-bond donors (Lipinski definition) is 2. The molecule has 1 rings (SSSR count). The van der Waals surface area contributed by atoms with Crippen LogP contribution >= 0.6 is 0 Å². The van der Waals surface area contributed by atoms with E-state index in [-0.39, 0.29) is 4.90 Å². The maximum Gasteiger partial charge on any atom is 0.240 e. The van der Waals surface area contributed by atoms with Crippen molar-refractivity contribution in [3.8, 4) is 0 Å². The first-order valence-corrected chi connectivity index (χ1v) is 8.47. The molecule has 0 fully saturated rings. The van der Waals surface area contributed by atoms with Crippen LogP contribution in [0, 0.1) is 6.92 Å². The van der Waals surface area contributed by atoms with Crippen molar-refractivity contribution in [2.75, 3.05) is 31.9 Å². The molecule has 0 saturated heterocycles. The molecule has 0 aliphatic rings. The summed E-state index contributed by atoms with van der Waals surface area (Å²) in [5, 5.41) is 0. The fourth-order valence-electron chi connectivity index (χ4n) is 2.03. The van der Waals surface area contributed by atoms with Crippen LogP contribution in [-0.2, 0) is 10.0 Å². The van der Waals surface area contributed by atoms with Crippen molar-refractivity contribution >= 4 is 15.7 Å². The third-order valence-electron chi connectivity index (χ3n) is 3.34. The van der Waals surface area contributed by atoms with Crippen molar-refractivity contribution in [3.63, 3.8) is 0 Å². The molecule has 0 aliphatic heterocycles. The van der Waals surface area contributed by atoms with E-state index < -0.39 is 10.0 Å². The minimum atomic E-state index is -3.47. The molecule has 20 heavy (non-hydrogen) atoms. The van der Waals surface area contributed by atoms with Crippen LogP contribution in [0.3, 0.4) is 0 Å². The predicted molar refractivity (Wildman–Crippen MR) is 83.2 cm³/mol. The monoisotopic (exact) mass is 299 g/mol. The molecule has 1 aromatic rings. The summed E-state index contributed by atoms with van der Waals surface area (Å²) in [5.41, 5.74) is 6.82. The Morgan fingerprint density at radius 1 is 1.25 bits per heavy atom. The van der Waals surface area contributed by atoms with Gasteiger partial charge in [-0.15, -0.1) is 0 Å². The average Bonchev–Trinajstić information content (AvgIpc) is 2.41. The number of benzene rings is 1. The van der Waals surface area contributed by atoms with Gasteiger partial charge in [0.1, 0.15) is 0 Å². The third kappa shape index (κ3) is 4.77. The number of aryl methyl sites for hydroxylation is 1. The van der Waals surface area contributed by atoms with Crippen LogP contribution in [-0.4, -0.2) is 39.5 Å². The zero-order valence-corrected chi connectivity index (χ0v) is 13.3. The van der Waals surface area contributed by atoms with Gasteiger partial charge in [-0.3, -0.25) is 0 Å². The van der Waals surface area contributed by atoms with Crippen molar-refractivity contribution in [2.24, 2.45) is 0 Å². The van der Waals surface area contributed by atoms with E-state index >= 15 is 0 Å². The molecule has 3 N–H and O–H groups in total. The fourth-order valence-corrected chi connectivity index (χ4v) is 3.38. The highest BCUT2D eigenvalue weighted by Gasteiger charge is 2.16. The molecule has 0 bridgehead atoms. The first-order valence-electron chi connectivity index (χ1n) is 6.98. The second-order valence-electron chi connectivity index (χ2n) is 4.80. The van der Waals surface area contributed by atoms with E-state index in [1.165, 1.54) is 6.07 Å². The largest absolute Gasteiger partial charge is 0.399 e. The number of rotatable bonds is 8. The highest BCUT2D eigenvalue weighted by atomic mass is 32.2. The second-order valence-corrected chi connectivity index (χ2v) is 6.54. The number of anilines is 1. The van der Waals surface area contributed by atoms with E-state index in [0.717, 1.165) is 26.1 Å². The van der Waals surface area contributed by atoms with Gasteiger partial charge in [0.15, 0.2) is 0 Å². The first kappa shape index (κ1) is 16.9. The molecule has 0 heterocycles. The topological polar surface area (TPSA) is 75.4 Å². The van der Waals surface area contributed by atoms with Gasteiger partial charge in [0.05, 0.1) is 4.90 Å². The Morgan fingerprint density at radius 2 is 1.90 bits per heavy atom. The highest BCUT2D eigenvalue weighted by molar-refractivity contribution is 7.89. The van der Waals surface area contributed by atoms with Crippen molar-refractivity contribution in [2.45, 2.75) is 32.1 Å². The zero-order valence-electron chi connectivity index (χ0n) is 12.5. The number of nitrogens with one attached hydrogen (secondary N) is 1. The van der Waals surface area contributed by atoms with E-state index in [0.29, 0.717) is 17.8 Å². The normalized spacial score (nSPS) is 12.0. The molecule has 0 aromatic heterocycles. The van der Waals surface area contributed by atoms with Crippen LogP contribution in [0.1, 0.15) is 25.8 Å². The lowest BCUT2D eigenvalue weighted by Crippen LogP contribution is -2.30. The van der Waals surface area contributed by atoms with Gasteiger partial charge in [0.2, 0.25) is 10.0 Å². The Morgan fingerprint density at radius 3 is 2.50 bits per heavy atom. The molecule has 0 atom stereocenters. The van der Waals surface area contributed by atoms with Crippen molar-refractivity contribution in [3.05, 3.63) is 23.8 Å². The Balaban J connectivity index is 2.60. The van der Waals surface area contributed by atoms with Crippen molar-refractivity contribution < 1.29 is 8.42 Å².